The number of carbonyl (C=O) groups excluding carboxylic acids is 1. The van der Waals surface area contributed by atoms with Crippen LogP contribution in [0.2, 0.25) is 0 Å². The van der Waals surface area contributed by atoms with Crippen LogP contribution in [-0.4, -0.2) is 37.6 Å². The largest absolute Gasteiger partial charge is 0.298 e. The van der Waals surface area contributed by atoms with Gasteiger partial charge < -0.3 is 0 Å². The Morgan fingerprint density at radius 1 is 1.50 bits per heavy atom. The number of nitrogens with zero attached hydrogens (tertiary/aromatic N) is 2. The molecule has 1 aromatic rings. The van der Waals surface area contributed by atoms with Gasteiger partial charge in [0.05, 0.1) is 5.25 Å². The smallest absolute Gasteiger partial charge is 0.147 e. The molecule has 2 unspecified atom stereocenters. The van der Waals surface area contributed by atoms with E-state index in [1.54, 1.807) is 6.20 Å². The molecule has 1 aliphatic heterocycles. The second-order valence-electron chi connectivity index (χ2n) is 4.52. The summed E-state index contributed by atoms with van der Waals surface area (Å²) < 4.78 is 1.85. The molecule has 2 heterocycles. The van der Waals surface area contributed by atoms with Crippen LogP contribution in [0.1, 0.15) is 25.5 Å². The minimum absolute atomic E-state index is 0.210. The Kier molecular flexibility index (Phi) is 5.18. The number of Topliss-reactive ketones (excluding diaryl/α,β-unsaturated/α-hetero) is 1. The van der Waals surface area contributed by atoms with E-state index in [2.05, 4.69) is 12.0 Å². The topological polar surface area (TPSA) is 34.9 Å². The van der Waals surface area contributed by atoms with Gasteiger partial charge >= 0.3 is 0 Å². The van der Waals surface area contributed by atoms with Gasteiger partial charge in [-0.1, -0.05) is 6.92 Å². The van der Waals surface area contributed by atoms with Crippen molar-refractivity contribution in [1.29, 1.82) is 0 Å². The second-order valence-corrected chi connectivity index (χ2v) is 7.12. The lowest BCUT2D eigenvalue weighted by molar-refractivity contribution is -0.118. The van der Waals surface area contributed by atoms with Crippen LogP contribution in [0.25, 0.3) is 0 Å². The predicted molar refractivity (Wildman–Crippen MR) is 79.3 cm³/mol. The molecule has 2 atom stereocenters. The fourth-order valence-corrected chi connectivity index (χ4v) is 5.31. The van der Waals surface area contributed by atoms with Crippen molar-refractivity contribution in [3.8, 4) is 0 Å². The summed E-state index contributed by atoms with van der Waals surface area (Å²) in [7, 11) is 1.93. The molecule has 0 radical (unpaired) electrons. The zero-order valence-corrected chi connectivity index (χ0v) is 12.6. The van der Waals surface area contributed by atoms with E-state index in [1.807, 2.05) is 41.3 Å². The number of ketones is 1. The molecule has 0 aliphatic carbocycles. The normalized spacial score (nSPS) is 24.1. The number of hydrogen-bond acceptors (Lipinski definition) is 4. The van der Waals surface area contributed by atoms with Gasteiger partial charge in [0.2, 0.25) is 0 Å². The first-order valence-electron chi connectivity index (χ1n) is 6.45. The number of aryl methyl sites for hydroxylation is 2. The average Bonchev–Trinajstić information content (AvgIpc) is 2.81. The van der Waals surface area contributed by atoms with Gasteiger partial charge in [0.25, 0.3) is 0 Å². The van der Waals surface area contributed by atoms with E-state index in [4.69, 9.17) is 0 Å². The van der Waals surface area contributed by atoms with E-state index in [1.165, 1.54) is 5.75 Å². The molecule has 0 bridgehead atoms. The first kappa shape index (κ1) is 14.0. The molecule has 0 N–H and O–H groups in total. The quantitative estimate of drug-likeness (QED) is 0.832. The fourth-order valence-electron chi connectivity index (χ4n) is 2.24. The maximum atomic E-state index is 12.3. The van der Waals surface area contributed by atoms with Crippen LogP contribution in [0.4, 0.5) is 0 Å². The number of thioether (sulfide) groups is 2. The number of carbonyl (C=O) groups is 1. The van der Waals surface area contributed by atoms with E-state index in [9.17, 15) is 4.79 Å². The van der Waals surface area contributed by atoms with E-state index < -0.39 is 0 Å². The van der Waals surface area contributed by atoms with Crippen LogP contribution in [0, 0.1) is 0 Å². The summed E-state index contributed by atoms with van der Waals surface area (Å²) in [5.41, 5.74) is 1.14. The van der Waals surface area contributed by atoms with Crippen molar-refractivity contribution in [2.75, 3.05) is 11.5 Å². The maximum absolute atomic E-state index is 12.3. The highest BCUT2D eigenvalue weighted by atomic mass is 32.2. The molecular formula is C13H20N2OS2. The Morgan fingerprint density at radius 3 is 2.94 bits per heavy atom. The Balaban J connectivity index is 1.89. The molecule has 5 heteroatoms. The van der Waals surface area contributed by atoms with Gasteiger partial charge in [-0.25, -0.2) is 0 Å². The van der Waals surface area contributed by atoms with Crippen molar-refractivity contribution in [3.05, 3.63) is 18.0 Å². The minimum Gasteiger partial charge on any atom is -0.298 e. The van der Waals surface area contributed by atoms with Crippen molar-refractivity contribution >= 4 is 29.3 Å². The van der Waals surface area contributed by atoms with Crippen molar-refractivity contribution in [3.63, 3.8) is 0 Å². The van der Waals surface area contributed by atoms with Crippen LogP contribution < -0.4 is 0 Å². The molecule has 1 saturated heterocycles. The molecule has 1 aromatic heterocycles. The third-order valence-electron chi connectivity index (χ3n) is 3.32. The van der Waals surface area contributed by atoms with Crippen molar-refractivity contribution in [2.24, 2.45) is 7.05 Å². The molecule has 3 nitrogen and oxygen atoms in total. The highest BCUT2D eigenvalue weighted by Gasteiger charge is 2.30. The minimum atomic E-state index is 0.210. The van der Waals surface area contributed by atoms with Gasteiger partial charge in [-0.2, -0.15) is 16.9 Å². The summed E-state index contributed by atoms with van der Waals surface area (Å²) in [6.45, 7) is 2.19. The van der Waals surface area contributed by atoms with Gasteiger partial charge in [0.1, 0.15) is 5.78 Å². The fraction of sp³-hybridized carbons (Fsp3) is 0.692. The third kappa shape index (κ3) is 3.32. The summed E-state index contributed by atoms with van der Waals surface area (Å²) in [6.07, 6.45) is 4.35. The molecule has 0 spiro atoms. The highest BCUT2D eigenvalue weighted by Crippen LogP contribution is 2.34. The van der Waals surface area contributed by atoms with Crippen molar-refractivity contribution < 1.29 is 4.79 Å². The van der Waals surface area contributed by atoms with Crippen molar-refractivity contribution in [2.45, 2.75) is 36.7 Å². The van der Waals surface area contributed by atoms with Gasteiger partial charge in [-0.05, 0) is 18.9 Å². The first-order valence-corrected chi connectivity index (χ1v) is 8.55. The molecule has 0 saturated carbocycles. The summed E-state index contributed by atoms with van der Waals surface area (Å²) in [4.78, 5) is 12.3. The Morgan fingerprint density at radius 2 is 2.28 bits per heavy atom. The standard InChI is InChI=1S/C13H20N2OS2/c1-3-12-13(18-9-8-17-12)11(16)5-4-10-6-7-14-15(10)2/h6-7,12-13H,3-5,8-9H2,1-2H3. The summed E-state index contributed by atoms with van der Waals surface area (Å²) in [6, 6.07) is 1.99. The van der Waals surface area contributed by atoms with Gasteiger partial charge in [-0.15, -0.1) is 11.8 Å². The van der Waals surface area contributed by atoms with Gasteiger partial charge in [0, 0.05) is 42.1 Å². The van der Waals surface area contributed by atoms with Crippen LogP contribution in [0.5, 0.6) is 0 Å². The SMILES string of the molecule is CCC1SCCSC1C(=O)CCc1ccnn1C. The lowest BCUT2D eigenvalue weighted by atomic mass is 10.1. The summed E-state index contributed by atoms with van der Waals surface area (Å²) in [5, 5.41) is 4.86. The lowest BCUT2D eigenvalue weighted by Crippen LogP contribution is -2.33. The third-order valence-corrected chi connectivity index (χ3v) is 6.61. The Hall–Kier alpha value is -0.420. The predicted octanol–water partition coefficient (Wildman–Crippen LogP) is 2.55. The average molecular weight is 284 g/mol. The molecular weight excluding hydrogens is 264 g/mol. The first-order chi connectivity index (χ1) is 8.72. The molecule has 1 fully saturated rings. The molecule has 1 aliphatic rings. The van der Waals surface area contributed by atoms with Crippen LogP contribution in [-0.2, 0) is 18.3 Å². The summed E-state index contributed by atoms with van der Waals surface area (Å²) in [5.74, 6) is 2.72. The number of aromatic nitrogens is 2. The highest BCUT2D eigenvalue weighted by molar-refractivity contribution is 8.07. The van der Waals surface area contributed by atoms with E-state index in [0.717, 1.165) is 24.3 Å². The molecule has 0 aromatic carbocycles. The van der Waals surface area contributed by atoms with Crippen molar-refractivity contribution in [1.82, 2.24) is 9.78 Å². The van der Waals surface area contributed by atoms with Gasteiger partial charge in [-0.3, -0.25) is 9.48 Å². The molecule has 2 rings (SSSR count). The molecule has 0 amide bonds. The van der Waals surface area contributed by atoms with E-state index in [-0.39, 0.29) is 5.25 Å². The second kappa shape index (κ2) is 6.66. The zero-order chi connectivity index (χ0) is 13.0. The van der Waals surface area contributed by atoms with Crippen LogP contribution in [0.15, 0.2) is 12.3 Å². The molecule has 18 heavy (non-hydrogen) atoms. The Labute approximate surface area is 117 Å². The monoisotopic (exact) mass is 284 g/mol. The maximum Gasteiger partial charge on any atom is 0.147 e. The Bertz CT molecular complexity index is 405. The van der Waals surface area contributed by atoms with Crippen LogP contribution >= 0.6 is 23.5 Å². The number of hydrogen-bond donors (Lipinski definition) is 0. The number of rotatable bonds is 5. The summed E-state index contributed by atoms with van der Waals surface area (Å²) >= 11 is 3.82. The van der Waals surface area contributed by atoms with Gasteiger partial charge in [0.15, 0.2) is 0 Å². The van der Waals surface area contributed by atoms with Crippen LogP contribution in [0.3, 0.4) is 0 Å². The van der Waals surface area contributed by atoms with E-state index >= 15 is 0 Å². The molecule has 100 valence electrons. The van der Waals surface area contributed by atoms with E-state index in [0.29, 0.717) is 17.5 Å². The lowest BCUT2D eigenvalue weighted by Gasteiger charge is -2.28. The zero-order valence-electron chi connectivity index (χ0n) is 11.0.